The average molecular weight is 309 g/mol. The summed E-state index contributed by atoms with van der Waals surface area (Å²) in [5, 5.41) is 9.28. The molecule has 0 amide bonds. The summed E-state index contributed by atoms with van der Waals surface area (Å²) in [7, 11) is 1.89. The van der Waals surface area contributed by atoms with Gasteiger partial charge < -0.3 is 15.1 Å². The number of hydrogen-bond donors (Lipinski definition) is 1. The van der Waals surface area contributed by atoms with Gasteiger partial charge in [-0.25, -0.2) is 9.97 Å². The van der Waals surface area contributed by atoms with E-state index in [1.165, 1.54) is 0 Å². The molecule has 5 nitrogen and oxygen atoms in total. The van der Waals surface area contributed by atoms with Gasteiger partial charge >= 0.3 is 0 Å². The van der Waals surface area contributed by atoms with E-state index in [4.69, 9.17) is 4.98 Å². The first-order valence-electron chi connectivity index (χ1n) is 6.86. The van der Waals surface area contributed by atoms with Crippen LogP contribution >= 0.6 is 22.7 Å². The van der Waals surface area contributed by atoms with Gasteiger partial charge in [-0.05, 0) is 6.54 Å². The van der Waals surface area contributed by atoms with E-state index < -0.39 is 0 Å². The van der Waals surface area contributed by atoms with Crippen LogP contribution < -0.4 is 10.2 Å². The van der Waals surface area contributed by atoms with Gasteiger partial charge in [0.1, 0.15) is 11.4 Å². The predicted octanol–water partition coefficient (Wildman–Crippen LogP) is 2.45. The molecule has 1 aliphatic heterocycles. The van der Waals surface area contributed by atoms with Crippen molar-refractivity contribution >= 4 is 32.9 Å². The Labute approximate surface area is 127 Å². The molecule has 0 atom stereocenters. The standard InChI is InChI=1S/C13H19N5S2/c1-3-17-4-6-18(7-5-17)13-16-11(9-20-13)10-8-19-12(14-2)15-10/h8-9H,3-7H2,1-2H3,(H,14,15). The summed E-state index contributed by atoms with van der Waals surface area (Å²) in [6, 6.07) is 0. The monoisotopic (exact) mass is 309 g/mol. The highest BCUT2D eigenvalue weighted by molar-refractivity contribution is 7.14. The van der Waals surface area contributed by atoms with Crippen LogP contribution in [0.3, 0.4) is 0 Å². The van der Waals surface area contributed by atoms with Crippen molar-refractivity contribution in [2.24, 2.45) is 0 Å². The molecule has 3 rings (SSSR count). The van der Waals surface area contributed by atoms with Gasteiger partial charge in [0.2, 0.25) is 0 Å². The summed E-state index contributed by atoms with van der Waals surface area (Å²) in [4.78, 5) is 14.1. The molecule has 20 heavy (non-hydrogen) atoms. The van der Waals surface area contributed by atoms with Crippen LogP contribution in [0.4, 0.5) is 10.3 Å². The van der Waals surface area contributed by atoms with Gasteiger partial charge in [-0.3, -0.25) is 0 Å². The number of anilines is 2. The maximum absolute atomic E-state index is 4.74. The van der Waals surface area contributed by atoms with Crippen LogP contribution in [-0.4, -0.2) is 54.6 Å². The van der Waals surface area contributed by atoms with Gasteiger partial charge in [0, 0.05) is 44.0 Å². The SMILES string of the molecule is CCN1CCN(c2nc(-c3csc(NC)n3)cs2)CC1. The highest BCUT2D eigenvalue weighted by atomic mass is 32.1. The predicted molar refractivity (Wildman–Crippen MR) is 87.1 cm³/mol. The van der Waals surface area contributed by atoms with Gasteiger partial charge in [-0.2, -0.15) is 0 Å². The average Bonchev–Trinajstić information content (AvgIpc) is 3.16. The Hall–Kier alpha value is -1.18. The summed E-state index contributed by atoms with van der Waals surface area (Å²) in [6.07, 6.45) is 0. The summed E-state index contributed by atoms with van der Waals surface area (Å²) in [5.74, 6) is 0. The Kier molecular flexibility index (Phi) is 4.18. The van der Waals surface area contributed by atoms with Gasteiger partial charge in [0.15, 0.2) is 10.3 Å². The molecule has 0 aliphatic carbocycles. The fourth-order valence-electron chi connectivity index (χ4n) is 2.29. The third kappa shape index (κ3) is 2.79. The van der Waals surface area contributed by atoms with E-state index in [0.717, 1.165) is 54.4 Å². The van der Waals surface area contributed by atoms with Gasteiger partial charge in [-0.15, -0.1) is 22.7 Å². The molecule has 0 spiro atoms. The molecule has 108 valence electrons. The van der Waals surface area contributed by atoms with Gasteiger partial charge in [-0.1, -0.05) is 6.92 Å². The number of piperazine rings is 1. The largest absolute Gasteiger partial charge is 0.365 e. The van der Waals surface area contributed by atoms with Crippen molar-refractivity contribution < 1.29 is 0 Å². The fraction of sp³-hybridized carbons (Fsp3) is 0.538. The number of aromatic nitrogens is 2. The first kappa shape index (κ1) is 13.8. The molecule has 1 saturated heterocycles. The van der Waals surface area contributed by atoms with Crippen molar-refractivity contribution in [3.63, 3.8) is 0 Å². The van der Waals surface area contributed by atoms with Crippen molar-refractivity contribution in [3.05, 3.63) is 10.8 Å². The Bertz CT molecular complexity index is 557. The lowest BCUT2D eigenvalue weighted by Crippen LogP contribution is -2.46. The van der Waals surface area contributed by atoms with E-state index >= 15 is 0 Å². The lowest BCUT2D eigenvalue weighted by atomic mass is 10.3. The Balaban J connectivity index is 1.70. The van der Waals surface area contributed by atoms with Crippen LogP contribution in [0.2, 0.25) is 0 Å². The first-order chi connectivity index (χ1) is 9.80. The zero-order valence-corrected chi connectivity index (χ0v) is 13.4. The third-order valence-electron chi connectivity index (χ3n) is 3.56. The molecule has 0 bridgehead atoms. The smallest absolute Gasteiger partial charge is 0.186 e. The quantitative estimate of drug-likeness (QED) is 0.940. The highest BCUT2D eigenvalue weighted by Gasteiger charge is 2.19. The lowest BCUT2D eigenvalue weighted by molar-refractivity contribution is 0.271. The molecule has 1 N–H and O–H groups in total. The number of thiazole rings is 2. The van der Waals surface area contributed by atoms with Crippen molar-refractivity contribution in [2.45, 2.75) is 6.92 Å². The zero-order valence-electron chi connectivity index (χ0n) is 11.8. The molecule has 0 saturated carbocycles. The Morgan fingerprint density at radius 3 is 2.45 bits per heavy atom. The summed E-state index contributed by atoms with van der Waals surface area (Å²) >= 11 is 3.33. The van der Waals surface area contributed by atoms with Crippen LogP contribution in [0.5, 0.6) is 0 Å². The van der Waals surface area contributed by atoms with Crippen LogP contribution in [0.15, 0.2) is 10.8 Å². The third-order valence-corrected chi connectivity index (χ3v) is 5.32. The van der Waals surface area contributed by atoms with Crippen molar-refractivity contribution in [1.82, 2.24) is 14.9 Å². The van der Waals surface area contributed by atoms with Gasteiger partial charge in [0.05, 0.1) is 0 Å². The fourth-order valence-corrected chi connectivity index (χ4v) is 3.83. The number of likely N-dealkylation sites (N-methyl/N-ethyl adjacent to an activating group) is 1. The van der Waals surface area contributed by atoms with Crippen LogP contribution in [0.25, 0.3) is 11.4 Å². The molecular formula is C13H19N5S2. The lowest BCUT2D eigenvalue weighted by Gasteiger charge is -2.33. The minimum Gasteiger partial charge on any atom is -0.365 e. The molecule has 1 fully saturated rings. The van der Waals surface area contributed by atoms with E-state index in [-0.39, 0.29) is 0 Å². The molecule has 2 aromatic rings. The Morgan fingerprint density at radius 2 is 1.80 bits per heavy atom. The van der Waals surface area contributed by atoms with E-state index in [1.54, 1.807) is 22.7 Å². The zero-order chi connectivity index (χ0) is 13.9. The topological polar surface area (TPSA) is 44.3 Å². The van der Waals surface area contributed by atoms with Crippen LogP contribution in [0, 0.1) is 0 Å². The molecule has 7 heteroatoms. The van der Waals surface area contributed by atoms with Crippen molar-refractivity contribution in [1.29, 1.82) is 0 Å². The number of hydrogen-bond acceptors (Lipinski definition) is 7. The molecule has 0 aromatic carbocycles. The van der Waals surface area contributed by atoms with Crippen molar-refractivity contribution in [2.75, 3.05) is 50.0 Å². The summed E-state index contributed by atoms with van der Waals surface area (Å²) in [6.45, 7) is 7.76. The highest BCUT2D eigenvalue weighted by Crippen LogP contribution is 2.29. The number of nitrogens with zero attached hydrogens (tertiary/aromatic N) is 4. The second-order valence-corrected chi connectivity index (χ2v) is 6.42. The molecular weight excluding hydrogens is 290 g/mol. The van der Waals surface area contributed by atoms with E-state index in [1.807, 2.05) is 7.05 Å². The second kappa shape index (κ2) is 6.07. The maximum Gasteiger partial charge on any atom is 0.186 e. The Morgan fingerprint density at radius 1 is 1.10 bits per heavy atom. The van der Waals surface area contributed by atoms with E-state index in [0.29, 0.717) is 0 Å². The molecule has 3 heterocycles. The van der Waals surface area contributed by atoms with Crippen molar-refractivity contribution in [3.8, 4) is 11.4 Å². The minimum absolute atomic E-state index is 0.936. The van der Waals surface area contributed by atoms with Gasteiger partial charge in [0.25, 0.3) is 0 Å². The maximum atomic E-state index is 4.74. The van der Waals surface area contributed by atoms with Crippen LogP contribution in [-0.2, 0) is 0 Å². The normalized spacial score (nSPS) is 16.6. The van der Waals surface area contributed by atoms with E-state index in [2.05, 4.69) is 37.8 Å². The van der Waals surface area contributed by atoms with Crippen LogP contribution in [0.1, 0.15) is 6.92 Å². The molecule has 2 aromatic heterocycles. The van der Waals surface area contributed by atoms with E-state index in [9.17, 15) is 0 Å². The minimum atomic E-state index is 0.936. The summed E-state index contributed by atoms with van der Waals surface area (Å²) in [5.41, 5.74) is 1.95. The number of rotatable bonds is 4. The molecule has 0 unspecified atom stereocenters. The molecule has 0 radical (unpaired) electrons. The molecule has 1 aliphatic rings. The summed E-state index contributed by atoms with van der Waals surface area (Å²) < 4.78 is 0. The number of nitrogens with one attached hydrogen (secondary N) is 1. The second-order valence-electron chi connectivity index (χ2n) is 4.72. The first-order valence-corrected chi connectivity index (χ1v) is 8.62.